The highest BCUT2D eigenvalue weighted by Crippen LogP contribution is 2.46. The minimum atomic E-state index is -0.639. The Balaban J connectivity index is 1.82. The minimum absolute atomic E-state index is 0.0275. The number of hydrogen-bond donors (Lipinski definition) is 2. The molecule has 4 aromatic rings. The third kappa shape index (κ3) is 5.74. The Kier molecular flexibility index (Phi) is 8.39. The molecule has 0 aliphatic carbocycles. The van der Waals surface area contributed by atoms with Crippen molar-refractivity contribution in [3.05, 3.63) is 69.2 Å². The standard InChI is InChI=1S/C25H25ClN4O7/c1-33-9-10-36-13-16-20(21-17(34-2)5-4-6-18(21)35-3)23(31)22(24(32)28-16)25-30-29-19(37-25)11-15-8-7-14(26)12-27-15/h4-8,12H,9-11,13H2,1-3H3,(H2,28,31,32). The van der Waals surface area contributed by atoms with Crippen molar-refractivity contribution >= 4 is 11.6 Å². The molecule has 0 aliphatic rings. The van der Waals surface area contributed by atoms with Crippen molar-refractivity contribution in [2.75, 3.05) is 34.5 Å². The van der Waals surface area contributed by atoms with E-state index in [0.29, 0.717) is 40.1 Å². The van der Waals surface area contributed by atoms with Crippen molar-refractivity contribution in [3.63, 3.8) is 0 Å². The molecule has 0 aliphatic heterocycles. The number of aromatic amines is 1. The molecule has 0 bridgehead atoms. The van der Waals surface area contributed by atoms with Crippen LogP contribution in [0, 0.1) is 0 Å². The number of methoxy groups -OCH3 is 3. The maximum Gasteiger partial charge on any atom is 0.264 e. The molecule has 4 rings (SSSR count). The van der Waals surface area contributed by atoms with Gasteiger partial charge in [-0.25, -0.2) is 0 Å². The summed E-state index contributed by atoms with van der Waals surface area (Å²) < 4.78 is 27.5. The predicted molar refractivity (Wildman–Crippen MR) is 134 cm³/mol. The average Bonchev–Trinajstić information content (AvgIpc) is 3.35. The lowest BCUT2D eigenvalue weighted by atomic mass is 9.98. The maximum atomic E-state index is 13.1. The molecule has 3 aromatic heterocycles. The Morgan fingerprint density at radius 2 is 1.76 bits per heavy atom. The van der Waals surface area contributed by atoms with Crippen molar-refractivity contribution in [2.45, 2.75) is 13.0 Å². The summed E-state index contributed by atoms with van der Waals surface area (Å²) in [4.78, 5) is 20.1. The van der Waals surface area contributed by atoms with E-state index in [2.05, 4.69) is 20.2 Å². The number of nitrogens with one attached hydrogen (secondary N) is 1. The van der Waals surface area contributed by atoms with Crippen LogP contribution >= 0.6 is 11.6 Å². The zero-order chi connectivity index (χ0) is 26.4. The largest absolute Gasteiger partial charge is 0.506 e. The van der Waals surface area contributed by atoms with E-state index in [1.165, 1.54) is 20.4 Å². The van der Waals surface area contributed by atoms with Gasteiger partial charge in [0.1, 0.15) is 22.8 Å². The lowest BCUT2D eigenvalue weighted by Crippen LogP contribution is -2.16. The normalized spacial score (nSPS) is 11.0. The van der Waals surface area contributed by atoms with E-state index < -0.39 is 11.3 Å². The number of pyridine rings is 2. The summed E-state index contributed by atoms with van der Waals surface area (Å²) in [7, 11) is 4.54. The molecule has 0 spiro atoms. The zero-order valence-corrected chi connectivity index (χ0v) is 21.2. The summed E-state index contributed by atoms with van der Waals surface area (Å²) in [6, 6.07) is 8.58. The van der Waals surface area contributed by atoms with E-state index in [1.807, 2.05) is 0 Å². The average molecular weight is 529 g/mol. The number of H-pyrrole nitrogens is 1. The monoisotopic (exact) mass is 528 g/mol. The van der Waals surface area contributed by atoms with Gasteiger partial charge in [0.25, 0.3) is 11.4 Å². The SMILES string of the molecule is COCCOCc1[nH]c(=O)c(-c2nnc(Cc3ccc(Cl)cn3)o2)c(O)c1-c1c(OC)cccc1OC. The highest BCUT2D eigenvalue weighted by atomic mass is 35.5. The van der Waals surface area contributed by atoms with E-state index in [0.717, 1.165) is 0 Å². The lowest BCUT2D eigenvalue weighted by molar-refractivity contribution is 0.0603. The highest BCUT2D eigenvalue weighted by molar-refractivity contribution is 6.30. The second-order valence-corrected chi connectivity index (χ2v) is 8.20. The van der Waals surface area contributed by atoms with E-state index in [1.54, 1.807) is 37.4 Å². The first-order chi connectivity index (χ1) is 18.0. The van der Waals surface area contributed by atoms with Gasteiger partial charge in [-0.3, -0.25) is 9.78 Å². The minimum Gasteiger partial charge on any atom is -0.506 e. The fraction of sp³-hybridized carbons (Fsp3) is 0.280. The van der Waals surface area contributed by atoms with Crippen LogP contribution in [-0.2, 0) is 22.5 Å². The van der Waals surface area contributed by atoms with Gasteiger partial charge in [0.15, 0.2) is 0 Å². The summed E-state index contributed by atoms with van der Waals surface area (Å²) in [5.41, 5.74) is 0.751. The van der Waals surface area contributed by atoms with Crippen LogP contribution in [0.15, 0.2) is 45.7 Å². The second kappa shape index (κ2) is 11.9. The Morgan fingerprint density at radius 1 is 1.00 bits per heavy atom. The zero-order valence-electron chi connectivity index (χ0n) is 20.4. The molecule has 0 radical (unpaired) electrons. The molecule has 2 N–H and O–H groups in total. The fourth-order valence-corrected chi connectivity index (χ4v) is 3.83. The molecule has 0 atom stereocenters. The van der Waals surface area contributed by atoms with Gasteiger partial charge in [0, 0.05) is 19.0 Å². The quantitative estimate of drug-likeness (QED) is 0.277. The molecular formula is C25H25ClN4O7. The number of hydrogen-bond acceptors (Lipinski definition) is 10. The van der Waals surface area contributed by atoms with E-state index in [-0.39, 0.29) is 42.5 Å². The van der Waals surface area contributed by atoms with Crippen LogP contribution < -0.4 is 15.0 Å². The van der Waals surface area contributed by atoms with Gasteiger partial charge in [-0.15, -0.1) is 10.2 Å². The van der Waals surface area contributed by atoms with Crippen molar-refractivity contribution in [1.82, 2.24) is 20.2 Å². The van der Waals surface area contributed by atoms with Crippen molar-refractivity contribution in [2.24, 2.45) is 0 Å². The van der Waals surface area contributed by atoms with Crippen LogP contribution in [0.25, 0.3) is 22.6 Å². The molecule has 0 amide bonds. The molecule has 37 heavy (non-hydrogen) atoms. The number of rotatable bonds is 11. The second-order valence-electron chi connectivity index (χ2n) is 7.76. The van der Waals surface area contributed by atoms with E-state index in [4.69, 9.17) is 35.0 Å². The predicted octanol–water partition coefficient (Wildman–Crippen LogP) is 3.62. The molecule has 0 unspecified atom stereocenters. The van der Waals surface area contributed by atoms with Crippen molar-refractivity contribution < 1.29 is 28.5 Å². The van der Waals surface area contributed by atoms with Crippen LogP contribution in [0.4, 0.5) is 0 Å². The summed E-state index contributed by atoms with van der Waals surface area (Å²) in [5, 5.41) is 20.0. The number of nitrogens with zero attached hydrogens (tertiary/aromatic N) is 3. The topological polar surface area (TPSA) is 142 Å². The molecule has 1 aromatic carbocycles. The molecule has 0 saturated heterocycles. The van der Waals surface area contributed by atoms with E-state index >= 15 is 0 Å². The number of aromatic hydroxyl groups is 1. The lowest BCUT2D eigenvalue weighted by Gasteiger charge is -2.18. The van der Waals surface area contributed by atoms with Crippen LogP contribution in [0.5, 0.6) is 17.2 Å². The van der Waals surface area contributed by atoms with Crippen LogP contribution in [0.3, 0.4) is 0 Å². The van der Waals surface area contributed by atoms with Gasteiger partial charge in [0.2, 0.25) is 5.89 Å². The molecule has 3 heterocycles. The van der Waals surface area contributed by atoms with E-state index in [9.17, 15) is 9.90 Å². The molecule has 0 fully saturated rings. The van der Waals surface area contributed by atoms with Gasteiger partial charge in [-0.1, -0.05) is 17.7 Å². The smallest absolute Gasteiger partial charge is 0.264 e. The Bertz CT molecular complexity index is 1400. The Labute approximate surface area is 217 Å². The molecule has 0 saturated carbocycles. The molecular weight excluding hydrogens is 504 g/mol. The first-order valence-electron chi connectivity index (χ1n) is 11.2. The first kappa shape index (κ1) is 26.1. The van der Waals surface area contributed by atoms with Gasteiger partial charge in [0.05, 0.1) is 62.3 Å². The van der Waals surface area contributed by atoms with Crippen molar-refractivity contribution in [3.8, 4) is 39.8 Å². The first-order valence-corrected chi connectivity index (χ1v) is 11.5. The van der Waals surface area contributed by atoms with Gasteiger partial charge in [-0.05, 0) is 24.3 Å². The molecule has 12 heteroatoms. The van der Waals surface area contributed by atoms with Gasteiger partial charge < -0.3 is 33.5 Å². The molecule has 194 valence electrons. The highest BCUT2D eigenvalue weighted by Gasteiger charge is 2.27. The summed E-state index contributed by atoms with van der Waals surface area (Å²) in [5.74, 6) is 0.463. The van der Waals surface area contributed by atoms with Crippen LogP contribution in [0.1, 0.15) is 17.3 Å². The summed E-state index contributed by atoms with van der Waals surface area (Å²) >= 11 is 5.89. The number of halogens is 1. The third-order valence-electron chi connectivity index (χ3n) is 5.42. The summed E-state index contributed by atoms with van der Waals surface area (Å²) in [6.07, 6.45) is 1.71. The summed E-state index contributed by atoms with van der Waals surface area (Å²) in [6.45, 7) is 0.602. The fourth-order valence-electron chi connectivity index (χ4n) is 3.72. The van der Waals surface area contributed by atoms with Crippen LogP contribution in [-0.4, -0.2) is 59.8 Å². The van der Waals surface area contributed by atoms with Gasteiger partial charge >= 0.3 is 0 Å². The Hall–Kier alpha value is -3.93. The molecule has 11 nitrogen and oxygen atoms in total. The van der Waals surface area contributed by atoms with Crippen LogP contribution in [0.2, 0.25) is 5.02 Å². The maximum absolute atomic E-state index is 13.1. The van der Waals surface area contributed by atoms with Crippen molar-refractivity contribution in [1.29, 1.82) is 0 Å². The number of aromatic nitrogens is 4. The Morgan fingerprint density at radius 3 is 2.41 bits per heavy atom. The van der Waals surface area contributed by atoms with Gasteiger partial charge in [-0.2, -0.15) is 0 Å². The number of benzene rings is 1. The number of ether oxygens (including phenoxy) is 4. The third-order valence-corrected chi connectivity index (χ3v) is 5.65.